The first kappa shape index (κ1) is 28.1. The van der Waals surface area contributed by atoms with Gasteiger partial charge in [0.25, 0.3) is 15.9 Å². The monoisotopic (exact) mass is 598 g/mol. The lowest BCUT2D eigenvalue weighted by molar-refractivity contribution is -0.136. The van der Waals surface area contributed by atoms with Crippen LogP contribution in [0.25, 0.3) is 22.0 Å². The van der Waals surface area contributed by atoms with Gasteiger partial charge in [0, 0.05) is 29.7 Å². The highest BCUT2D eigenvalue weighted by Crippen LogP contribution is 2.36. The van der Waals surface area contributed by atoms with E-state index in [4.69, 9.17) is 4.74 Å². The summed E-state index contributed by atoms with van der Waals surface area (Å²) in [7, 11) is -3.75. The molecule has 0 bridgehead atoms. The number of ether oxygens (including phenoxy) is 1. The number of carbonyl (C=O) groups is 1. The minimum absolute atomic E-state index is 0.110. The number of thiazole rings is 1. The van der Waals surface area contributed by atoms with Crippen LogP contribution in [0.3, 0.4) is 0 Å². The third-order valence-electron chi connectivity index (χ3n) is 5.99. The number of sulfonamides is 1. The molecular formula is C28H21F3N4O4S2. The lowest BCUT2D eigenvalue weighted by atomic mass is 10.0. The van der Waals surface area contributed by atoms with Crippen molar-refractivity contribution in [3.05, 3.63) is 102 Å². The number of halogens is 3. The lowest BCUT2D eigenvalue weighted by Crippen LogP contribution is -2.28. The van der Waals surface area contributed by atoms with E-state index in [-0.39, 0.29) is 39.8 Å². The molecule has 210 valence electrons. The summed E-state index contributed by atoms with van der Waals surface area (Å²) in [6.07, 6.45) is -1.85. The van der Waals surface area contributed by atoms with Crippen molar-refractivity contribution in [3.8, 4) is 16.9 Å². The van der Waals surface area contributed by atoms with Gasteiger partial charge in [-0.2, -0.15) is 13.2 Å². The van der Waals surface area contributed by atoms with E-state index in [9.17, 15) is 26.4 Å². The lowest BCUT2D eigenvalue weighted by Gasteiger charge is -2.13. The molecule has 2 heterocycles. The molecule has 0 atom stereocenters. The second kappa shape index (κ2) is 11.6. The molecule has 0 saturated heterocycles. The number of carbonyl (C=O) groups excluding carboxylic acids is 1. The van der Waals surface area contributed by atoms with Gasteiger partial charge >= 0.3 is 6.18 Å². The Morgan fingerprint density at radius 2 is 1.61 bits per heavy atom. The Morgan fingerprint density at radius 3 is 2.27 bits per heavy atom. The van der Waals surface area contributed by atoms with Gasteiger partial charge in [-0.15, -0.1) is 11.3 Å². The smallest absolute Gasteiger partial charge is 0.418 e. The molecule has 5 rings (SSSR count). The summed E-state index contributed by atoms with van der Waals surface area (Å²) in [5, 5.41) is 4.84. The van der Waals surface area contributed by atoms with Crippen LogP contribution in [-0.2, 0) is 27.5 Å². The molecule has 0 unspecified atom stereocenters. The van der Waals surface area contributed by atoms with Gasteiger partial charge in [-0.25, -0.2) is 13.4 Å². The topological polar surface area (TPSA) is 110 Å². The maximum absolute atomic E-state index is 13.3. The molecule has 5 aromatic rings. The van der Waals surface area contributed by atoms with Crippen LogP contribution >= 0.6 is 11.3 Å². The summed E-state index contributed by atoms with van der Waals surface area (Å²) in [6.45, 7) is -0.183. The number of alkyl halides is 3. The van der Waals surface area contributed by atoms with Crippen LogP contribution in [0.2, 0.25) is 0 Å². The number of nitrogens with one attached hydrogen (secondary N) is 2. The molecule has 0 aliphatic heterocycles. The van der Waals surface area contributed by atoms with Crippen LogP contribution in [0.5, 0.6) is 5.75 Å². The van der Waals surface area contributed by atoms with Gasteiger partial charge in [-0.3, -0.25) is 14.5 Å². The Labute approximate surface area is 236 Å². The summed E-state index contributed by atoms with van der Waals surface area (Å²) in [6, 6.07) is 18.8. The molecule has 0 radical (unpaired) electrons. The van der Waals surface area contributed by atoms with Gasteiger partial charge in [0.15, 0.2) is 11.7 Å². The van der Waals surface area contributed by atoms with Gasteiger partial charge in [-0.05, 0) is 47.0 Å². The van der Waals surface area contributed by atoms with E-state index in [1.165, 1.54) is 54.1 Å². The van der Waals surface area contributed by atoms with E-state index in [0.717, 1.165) is 22.8 Å². The average Bonchev–Trinajstić information content (AvgIpc) is 3.47. The van der Waals surface area contributed by atoms with Gasteiger partial charge in [0.1, 0.15) is 5.75 Å². The van der Waals surface area contributed by atoms with Gasteiger partial charge < -0.3 is 10.1 Å². The molecule has 41 heavy (non-hydrogen) atoms. The van der Waals surface area contributed by atoms with E-state index in [0.29, 0.717) is 0 Å². The maximum atomic E-state index is 13.3. The van der Waals surface area contributed by atoms with E-state index >= 15 is 0 Å². The van der Waals surface area contributed by atoms with Gasteiger partial charge in [0.05, 0.1) is 16.0 Å². The Hall–Kier alpha value is -4.49. The van der Waals surface area contributed by atoms with E-state index < -0.39 is 27.7 Å². The molecule has 1 amide bonds. The summed E-state index contributed by atoms with van der Waals surface area (Å²) >= 11 is 1.18. The molecule has 0 saturated carbocycles. The highest BCUT2D eigenvalue weighted by Gasteiger charge is 2.33. The first-order valence-electron chi connectivity index (χ1n) is 12.1. The fourth-order valence-corrected chi connectivity index (χ4v) is 5.78. The number of rotatable bonds is 9. The van der Waals surface area contributed by atoms with Crippen LogP contribution < -0.4 is 14.8 Å². The third-order valence-corrected chi connectivity index (χ3v) is 8.16. The minimum atomic E-state index is -4.57. The Morgan fingerprint density at radius 1 is 0.902 bits per heavy atom. The average molecular weight is 599 g/mol. The fourth-order valence-electron chi connectivity index (χ4n) is 3.99. The number of pyridine rings is 1. The maximum Gasteiger partial charge on any atom is 0.418 e. The molecule has 2 N–H and O–H groups in total. The van der Waals surface area contributed by atoms with Crippen LogP contribution in [0.4, 0.5) is 18.3 Å². The molecule has 0 spiro atoms. The summed E-state index contributed by atoms with van der Waals surface area (Å²) in [5.74, 6) is -0.326. The Bertz CT molecular complexity index is 1780. The Balaban J connectivity index is 1.16. The van der Waals surface area contributed by atoms with Crippen LogP contribution in [0, 0.1) is 0 Å². The van der Waals surface area contributed by atoms with Crippen molar-refractivity contribution in [1.82, 2.24) is 15.3 Å². The first-order valence-corrected chi connectivity index (χ1v) is 14.4. The number of amides is 1. The molecule has 8 nitrogen and oxygen atoms in total. The van der Waals surface area contributed by atoms with Crippen molar-refractivity contribution in [2.45, 2.75) is 17.6 Å². The minimum Gasteiger partial charge on any atom is -0.483 e. The fraction of sp³-hybridized carbons (Fsp3) is 0.107. The van der Waals surface area contributed by atoms with Gasteiger partial charge in [-0.1, -0.05) is 42.5 Å². The van der Waals surface area contributed by atoms with Crippen LogP contribution in [0.15, 0.2) is 95.5 Å². The zero-order chi connectivity index (χ0) is 29.0. The molecule has 0 aliphatic rings. The number of fused-ring (bicyclic) bond motifs is 1. The van der Waals surface area contributed by atoms with Crippen molar-refractivity contribution >= 4 is 43.3 Å². The van der Waals surface area contributed by atoms with E-state index in [1.54, 1.807) is 17.5 Å². The SMILES string of the molecule is O=C(COc1ccnc2c(C(F)(F)F)cccc12)NCc1ccc(-c2ccc(S(=O)(=O)Nc3nccs3)cc2)cc1. The van der Waals surface area contributed by atoms with Crippen LogP contribution in [-0.4, -0.2) is 30.9 Å². The molecule has 0 fully saturated rings. The molecule has 13 heteroatoms. The van der Waals surface area contributed by atoms with Crippen molar-refractivity contribution in [2.75, 3.05) is 11.3 Å². The number of hydrogen-bond acceptors (Lipinski definition) is 7. The second-order valence-electron chi connectivity index (χ2n) is 8.74. The molecule has 0 aliphatic carbocycles. The Kier molecular flexibility index (Phi) is 7.90. The third kappa shape index (κ3) is 6.64. The van der Waals surface area contributed by atoms with Crippen molar-refractivity contribution in [2.24, 2.45) is 0 Å². The molecular weight excluding hydrogens is 577 g/mol. The largest absolute Gasteiger partial charge is 0.483 e. The molecule has 3 aromatic carbocycles. The van der Waals surface area contributed by atoms with Gasteiger partial charge in [0.2, 0.25) is 0 Å². The molecule has 2 aromatic heterocycles. The van der Waals surface area contributed by atoms with E-state index in [2.05, 4.69) is 20.0 Å². The number of hydrogen-bond donors (Lipinski definition) is 2. The van der Waals surface area contributed by atoms with Crippen molar-refractivity contribution in [1.29, 1.82) is 0 Å². The van der Waals surface area contributed by atoms with Crippen molar-refractivity contribution < 1.29 is 31.1 Å². The highest BCUT2D eigenvalue weighted by atomic mass is 32.2. The standard InChI is InChI=1S/C28H21F3N4O4S2/c29-28(30,31)23-3-1-2-22-24(12-13-32-26(22)23)39-17-25(36)34-16-18-4-6-19(7-5-18)20-8-10-21(11-9-20)41(37,38)35-27-33-14-15-40-27/h1-15H,16-17H2,(H,33,35)(H,34,36). The quantitative estimate of drug-likeness (QED) is 0.220. The summed E-state index contributed by atoms with van der Waals surface area (Å²) in [4.78, 5) is 20.2. The second-order valence-corrected chi connectivity index (χ2v) is 11.3. The number of anilines is 1. The predicted octanol–water partition coefficient (Wildman–Crippen LogP) is 5.87. The summed E-state index contributed by atoms with van der Waals surface area (Å²) in [5.41, 5.74) is 1.33. The first-order chi connectivity index (χ1) is 19.6. The normalized spacial score (nSPS) is 11.8. The number of para-hydroxylation sites is 1. The number of nitrogens with zero attached hydrogens (tertiary/aromatic N) is 2. The zero-order valence-electron chi connectivity index (χ0n) is 21.1. The van der Waals surface area contributed by atoms with Crippen molar-refractivity contribution in [3.63, 3.8) is 0 Å². The van der Waals surface area contributed by atoms with Crippen LogP contribution in [0.1, 0.15) is 11.1 Å². The number of aromatic nitrogens is 2. The number of benzene rings is 3. The van der Waals surface area contributed by atoms with E-state index in [1.807, 2.05) is 24.3 Å². The highest BCUT2D eigenvalue weighted by molar-refractivity contribution is 7.93. The summed E-state index contributed by atoms with van der Waals surface area (Å²) < 4.78 is 72.9. The predicted molar refractivity (Wildman–Crippen MR) is 149 cm³/mol. The zero-order valence-corrected chi connectivity index (χ0v) is 22.7.